The van der Waals surface area contributed by atoms with E-state index in [-0.39, 0.29) is 14.0 Å². The zero-order chi connectivity index (χ0) is 27.2. The average Bonchev–Trinajstić information content (AvgIpc) is 3.38. The van der Waals surface area contributed by atoms with Gasteiger partial charge in [0.05, 0.1) is 12.7 Å². The predicted molar refractivity (Wildman–Crippen MR) is 160 cm³/mol. The Hall–Kier alpha value is -4.61. The van der Waals surface area contributed by atoms with Crippen molar-refractivity contribution >= 4 is 5.97 Å². The summed E-state index contributed by atoms with van der Waals surface area (Å²) in [6.45, 7) is 3.67. The molecule has 1 atom stereocenters. The molecular formula is C35H34O5. The van der Waals surface area contributed by atoms with Gasteiger partial charge in [0, 0.05) is 22.3 Å². The summed E-state index contributed by atoms with van der Waals surface area (Å²) in [7, 11) is 0. The van der Waals surface area contributed by atoms with Crippen molar-refractivity contribution in [3.63, 3.8) is 0 Å². The third kappa shape index (κ3) is 6.00. The van der Waals surface area contributed by atoms with Crippen LogP contribution in [0, 0.1) is 0 Å². The maximum absolute atomic E-state index is 11.8. The van der Waals surface area contributed by atoms with Gasteiger partial charge in [-0.3, -0.25) is 0 Å². The summed E-state index contributed by atoms with van der Waals surface area (Å²) < 4.78 is 17.3. The van der Waals surface area contributed by atoms with Gasteiger partial charge >= 0.3 is 5.97 Å². The van der Waals surface area contributed by atoms with Crippen molar-refractivity contribution in [2.45, 2.75) is 27.4 Å². The van der Waals surface area contributed by atoms with Crippen LogP contribution >= 0.6 is 0 Å². The summed E-state index contributed by atoms with van der Waals surface area (Å²) in [6, 6.07) is 35.4. The lowest BCUT2D eigenvalue weighted by Gasteiger charge is -2.13. The Kier molecular flexibility index (Phi) is 9.20. The number of carbonyl (C=O) groups is 1. The van der Waals surface area contributed by atoms with Crippen molar-refractivity contribution in [1.82, 2.24) is 0 Å². The number of hydrogen-bond donors (Lipinski definition) is 1. The van der Waals surface area contributed by atoms with Crippen LogP contribution in [0.1, 0.15) is 32.9 Å². The van der Waals surface area contributed by atoms with Gasteiger partial charge in [0.2, 0.25) is 0 Å². The van der Waals surface area contributed by atoms with E-state index in [9.17, 15) is 9.90 Å². The average molecular weight is 535 g/mol. The van der Waals surface area contributed by atoms with Gasteiger partial charge in [-0.2, -0.15) is 0 Å². The second-order valence-corrected chi connectivity index (χ2v) is 9.12. The van der Waals surface area contributed by atoms with E-state index in [0.717, 1.165) is 38.9 Å². The third-order valence-corrected chi connectivity index (χ3v) is 6.44. The Morgan fingerprint density at radius 1 is 0.775 bits per heavy atom. The van der Waals surface area contributed by atoms with Crippen molar-refractivity contribution in [3.05, 3.63) is 115 Å². The minimum atomic E-state index is -0.788. The molecule has 204 valence electrons. The number of furan rings is 1. The lowest BCUT2D eigenvalue weighted by molar-refractivity contribution is -0.145. The van der Waals surface area contributed by atoms with Gasteiger partial charge in [-0.25, -0.2) is 4.79 Å². The van der Waals surface area contributed by atoms with E-state index in [1.807, 2.05) is 103 Å². The smallest absolute Gasteiger partial charge is 0.344 e. The number of rotatable bonds is 9. The lowest BCUT2D eigenvalue weighted by atomic mass is 9.91. The van der Waals surface area contributed by atoms with Crippen molar-refractivity contribution in [3.8, 4) is 50.7 Å². The molecule has 1 aromatic heterocycles. The van der Waals surface area contributed by atoms with Gasteiger partial charge in [0.25, 0.3) is 0 Å². The number of carbonyl (C=O) groups excluding carboxylic acids is 1. The fourth-order valence-corrected chi connectivity index (χ4v) is 4.76. The van der Waals surface area contributed by atoms with Crippen LogP contribution in [0.15, 0.2) is 114 Å². The van der Waals surface area contributed by atoms with Crippen LogP contribution in [0.2, 0.25) is 0 Å². The highest BCUT2D eigenvalue weighted by Crippen LogP contribution is 2.47. The van der Waals surface area contributed by atoms with Crippen LogP contribution in [-0.4, -0.2) is 24.3 Å². The molecule has 5 aromatic rings. The van der Waals surface area contributed by atoms with Crippen LogP contribution in [0.3, 0.4) is 0 Å². The summed E-state index contributed by atoms with van der Waals surface area (Å²) in [5, 5.41) is 11.1. The molecule has 5 rings (SSSR count). The Bertz CT molecular complexity index is 1550. The molecule has 0 spiro atoms. The van der Waals surface area contributed by atoms with Gasteiger partial charge in [-0.15, -0.1) is 0 Å². The molecule has 0 aliphatic rings. The number of ether oxygens (including phenoxy) is 2. The summed E-state index contributed by atoms with van der Waals surface area (Å²) in [5.74, 6) is 1.45. The number of aliphatic hydroxyl groups excluding tert-OH is 1. The first-order valence-electron chi connectivity index (χ1n) is 13.0. The number of aliphatic hydroxyl groups is 1. The van der Waals surface area contributed by atoms with Crippen LogP contribution in [0.5, 0.6) is 5.75 Å². The highest BCUT2D eigenvalue weighted by molar-refractivity contribution is 5.91. The molecule has 5 heteroatoms. The van der Waals surface area contributed by atoms with Crippen LogP contribution in [0.4, 0.5) is 0 Å². The quantitative estimate of drug-likeness (QED) is 0.192. The molecule has 0 saturated carbocycles. The number of benzene rings is 4. The minimum absolute atomic E-state index is 0. The van der Waals surface area contributed by atoms with E-state index < -0.39 is 12.1 Å². The zero-order valence-electron chi connectivity index (χ0n) is 22.0. The molecule has 0 radical (unpaired) electrons. The van der Waals surface area contributed by atoms with Crippen molar-refractivity contribution < 1.29 is 23.8 Å². The molecule has 0 aliphatic heterocycles. The zero-order valence-corrected chi connectivity index (χ0v) is 22.0. The Morgan fingerprint density at radius 3 is 2.02 bits per heavy atom. The molecule has 40 heavy (non-hydrogen) atoms. The van der Waals surface area contributed by atoms with E-state index >= 15 is 0 Å². The SMILES string of the molecule is C.CCOC(=O)COc1cccc(-c2ccccc2-c2oc(-c3ccccc3)c(-c3ccccc3)c2C(C)O)c1. The van der Waals surface area contributed by atoms with Crippen molar-refractivity contribution in [1.29, 1.82) is 0 Å². The van der Waals surface area contributed by atoms with E-state index in [0.29, 0.717) is 23.9 Å². The standard InChI is InChI=1S/C34H30O5.CH4/c1-3-37-30(36)22-38-27-18-12-17-26(21-27)28-19-10-11-20-29(28)34-31(23(2)35)32(24-13-6-4-7-14-24)33(39-34)25-15-8-5-9-16-25;/h4-21,23,35H,3,22H2,1-2H3;1H4. The molecule has 1 unspecified atom stereocenters. The molecule has 0 bridgehead atoms. The van der Waals surface area contributed by atoms with E-state index in [1.54, 1.807) is 19.9 Å². The Morgan fingerprint density at radius 2 is 1.38 bits per heavy atom. The highest BCUT2D eigenvalue weighted by atomic mass is 16.6. The maximum Gasteiger partial charge on any atom is 0.344 e. The van der Waals surface area contributed by atoms with Crippen LogP contribution < -0.4 is 4.74 Å². The second-order valence-electron chi connectivity index (χ2n) is 9.12. The third-order valence-electron chi connectivity index (χ3n) is 6.44. The van der Waals surface area contributed by atoms with E-state index in [2.05, 4.69) is 0 Å². The summed E-state index contributed by atoms with van der Waals surface area (Å²) >= 11 is 0. The Labute approximate surface area is 235 Å². The predicted octanol–water partition coefficient (Wildman–Crippen LogP) is 8.58. The van der Waals surface area contributed by atoms with E-state index in [4.69, 9.17) is 13.9 Å². The molecule has 0 aliphatic carbocycles. The van der Waals surface area contributed by atoms with Gasteiger partial charge in [-0.05, 0) is 42.7 Å². The van der Waals surface area contributed by atoms with Gasteiger partial charge in [0.1, 0.15) is 17.3 Å². The monoisotopic (exact) mass is 534 g/mol. The van der Waals surface area contributed by atoms with Gasteiger partial charge < -0.3 is 19.0 Å². The number of esters is 1. The largest absolute Gasteiger partial charge is 0.482 e. The molecular weight excluding hydrogens is 500 g/mol. The fourth-order valence-electron chi connectivity index (χ4n) is 4.76. The van der Waals surface area contributed by atoms with Crippen LogP contribution in [-0.2, 0) is 9.53 Å². The van der Waals surface area contributed by atoms with Crippen molar-refractivity contribution in [2.24, 2.45) is 0 Å². The number of hydrogen-bond acceptors (Lipinski definition) is 5. The summed E-state index contributed by atoms with van der Waals surface area (Å²) in [6.07, 6.45) is -0.788. The fraction of sp³-hybridized carbons (Fsp3) is 0.171. The summed E-state index contributed by atoms with van der Waals surface area (Å²) in [4.78, 5) is 11.8. The van der Waals surface area contributed by atoms with Crippen molar-refractivity contribution in [2.75, 3.05) is 13.2 Å². The maximum atomic E-state index is 11.8. The first kappa shape index (κ1) is 28.4. The molecule has 5 nitrogen and oxygen atoms in total. The Balaban J connectivity index is 0.00000370. The van der Waals surface area contributed by atoms with E-state index in [1.165, 1.54) is 0 Å². The van der Waals surface area contributed by atoms with Gasteiger partial charge in [0.15, 0.2) is 6.61 Å². The molecule has 0 fully saturated rings. The van der Waals surface area contributed by atoms with Gasteiger partial charge in [-0.1, -0.05) is 104 Å². The molecule has 1 N–H and O–H groups in total. The first-order chi connectivity index (χ1) is 19.1. The summed E-state index contributed by atoms with van der Waals surface area (Å²) in [5.41, 5.74) is 6.13. The minimum Gasteiger partial charge on any atom is -0.482 e. The first-order valence-corrected chi connectivity index (χ1v) is 13.0. The van der Waals surface area contributed by atoms with Crippen LogP contribution in [0.25, 0.3) is 44.9 Å². The second kappa shape index (κ2) is 13.0. The highest BCUT2D eigenvalue weighted by Gasteiger charge is 2.27. The topological polar surface area (TPSA) is 68.9 Å². The lowest BCUT2D eigenvalue weighted by Crippen LogP contribution is -2.14. The molecule has 1 heterocycles. The normalized spacial score (nSPS) is 11.4. The molecule has 4 aromatic carbocycles. The molecule has 0 amide bonds. The molecule has 0 saturated heterocycles.